The first-order chi connectivity index (χ1) is 18.1. The van der Waals surface area contributed by atoms with Crippen LogP contribution in [0.2, 0.25) is 18.1 Å². The number of hydrogen-bond acceptors (Lipinski definition) is 6. The van der Waals surface area contributed by atoms with E-state index in [1.165, 1.54) is 33.7 Å². The van der Waals surface area contributed by atoms with E-state index < -0.39 is 28.6 Å². The molecule has 0 fully saturated rings. The van der Waals surface area contributed by atoms with Gasteiger partial charge in [0.25, 0.3) is 0 Å². The van der Waals surface area contributed by atoms with Crippen molar-refractivity contribution in [3.8, 4) is 34.5 Å². The maximum atomic E-state index is 5.74. The Labute approximate surface area is 228 Å². The number of benzene rings is 3. The minimum absolute atomic E-state index is 0.556. The minimum atomic E-state index is -0.556. The Kier molecular flexibility index (Phi) is 11.4. The van der Waals surface area contributed by atoms with Gasteiger partial charge < -0.3 is 28.4 Å². The SMILES string of the molecule is COc1cccc([SiH2]CC(C[SiH2]c2cccc(OC)c2OC)C[SiH2]c2cccc(OC)c2OC)c1OC. The monoisotopic (exact) mass is 556 g/mol. The molecule has 0 aliphatic rings. The molecule has 6 nitrogen and oxygen atoms in total. The molecule has 200 valence electrons. The Morgan fingerprint density at radius 3 is 1.00 bits per heavy atom. The molecule has 0 amide bonds. The fraction of sp³-hybridized carbons (Fsp3) is 0.357. The van der Waals surface area contributed by atoms with E-state index in [1.54, 1.807) is 42.7 Å². The van der Waals surface area contributed by atoms with Gasteiger partial charge in [0, 0.05) is 0 Å². The Hall–Kier alpha value is -2.89. The number of rotatable bonds is 15. The molecule has 0 aliphatic carbocycles. The second-order valence-corrected chi connectivity index (χ2v) is 14.5. The molecule has 3 aromatic carbocycles. The summed E-state index contributed by atoms with van der Waals surface area (Å²) >= 11 is 0. The first kappa shape index (κ1) is 28.7. The average Bonchev–Trinajstić information content (AvgIpc) is 2.95. The highest BCUT2D eigenvalue weighted by Gasteiger charge is 2.18. The summed E-state index contributed by atoms with van der Waals surface area (Å²) in [6.07, 6.45) is 0. The van der Waals surface area contributed by atoms with Crippen molar-refractivity contribution in [2.45, 2.75) is 18.1 Å². The summed E-state index contributed by atoms with van der Waals surface area (Å²) in [6.45, 7) is 0. The van der Waals surface area contributed by atoms with Gasteiger partial charge in [0.15, 0.2) is 34.5 Å². The lowest BCUT2D eigenvalue weighted by molar-refractivity contribution is 0.357. The van der Waals surface area contributed by atoms with E-state index in [1.807, 2.05) is 18.2 Å². The lowest BCUT2D eigenvalue weighted by Gasteiger charge is -2.20. The lowest BCUT2D eigenvalue weighted by Crippen LogP contribution is -2.26. The van der Waals surface area contributed by atoms with E-state index in [2.05, 4.69) is 36.4 Å². The third-order valence-electron chi connectivity index (χ3n) is 6.92. The van der Waals surface area contributed by atoms with Gasteiger partial charge in [0.2, 0.25) is 0 Å². The Bertz CT molecular complexity index is 999. The van der Waals surface area contributed by atoms with Crippen LogP contribution in [0, 0.1) is 5.92 Å². The van der Waals surface area contributed by atoms with Crippen LogP contribution in [0.15, 0.2) is 54.6 Å². The van der Waals surface area contributed by atoms with Gasteiger partial charge in [-0.3, -0.25) is 0 Å². The molecule has 0 unspecified atom stereocenters. The van der Waals surface area contributed by atoms with Crippen LogP contribution >= 0.6 is 0 Å². The van der Waals surface area contributed by atoms with Gasteiger partial charge in [-0.05, 0) is 39.7 Å². The van der Waals surface area contributed by atoms with Crippen molar-refractivity contribution in [1.82, 2.24) is 0 Å². The minimum Gasteiger partial charge on any atom is -0.493 e. The third kappa shape index (κ3) is 7.33. The zero-order chi connectivity index (χ0) is 26.6. The van der Waals surface area contributed by atoms with Crippen molar-refractivity contribution in [3.63, 3.8) is 0 Å². The van der Waals surface area contributed by atoms with Gasteiger partial charge in [-0.2, -0.15) is 0 Å². The summed E-state index contributed by atoms with van der Waals surface area (Å²) in [4.78, 5) is 0. The predicted molar refractivity (Wildman–Crippen MR) is 161 cm³/mol. The van der Waals surface area contributed by atoms with Crippen molar-refractivity contribution in [3.05, 3.63) is 54.6 Å². The van der Waals surface area contributed by atoms with Crippen LogP contribution in [-0.2, 0) is 0 Å². The second-order valence-electron chi connectivity index (χ2n) is 8.94. The van der Waals surface area contributed by atoms with Gasteiger partial charge >= 0.3 is 0 Å². The van der Waals surface area contributed by atoms with Crippen LogP contribution in [0.4, 0.5) is 0 Å². The highest BCUT2D eigenvalue weighted by molar-refractivity contribution is 6.58. The zero-order valence-corrected chi connectivity index (χ0v) is 27.2. The molecule has 0 radical (unpaired) electrons. The number of methoxy groups -OCH3 is 6. The van der Waals surface area contributed by atoms with Gasteiger partial charge in [0.1, 0.15) is 0 Å². The molecular formula is C28H40O6Si3. The summed E-state index contributed by atoms with van der Waals surface area (Å²) in [6, 6.07) is 22.4. The van der Waals surface area contributed by atoms with Crippen LogP contribution in [0.5, 0.6) is 34.5 Å². The number of ether oxygens (including phenoxy) is 6. The summed E-state index contributed by atoms with van der Waals surface area (Å²) < 4.78 is 33.9. The molecular weight excluding hydrogens is 517 g/mol. The van der Waals surface area contributed by atoms with Gasteiger partial charge in [-0.15, -0.1) is 0 Å². The topological polar surface area (TPSA) is 55.4 Å². The predicted octanol–water partition coefficient (Wildman–Crippen LogP) is 1.39. The van der Waals surface area contributed by atoms with Crippen LogP contribution in [0.25, 0.3) is 0 Å². The highest BCUT2D eigenvalue weighted by Crippen LogP contribution is 2.27. The molecule has 0 N–H and O–H groups in total. The van der Waals surface area contributed by atoms with E-state index in [4.69, 9.17) is 28.4 Å². The second kappa shape index (κ2) is 14.7. The number of para-hydroxylation sites is 3. The van der Waals surface area contributed by atoms with Gasteiger partial charge in [-0.1, -0.05) is 54.5 Å². The summed E-state index contributed by atoms with van der Waals surface area (Å²) in [7, 11) is 8.63. The maximum absolute atomic E-state index is 5.74. The molecule has 3 aromatic rings. The molecule has 0 bridgehead atoms. The van der Waals surface area contributed by atoms with Crippen molar-refractivity contribution >= 4 is 44.1 Å². The van der Waals surface area contributed by atoms with Crippen LogP contribution < -0.4 is 44.0 Å². The fourth-order valence-electron chi connectivity index (χ4n) is 4.96. The molecule has 3 rings (SSSR count). The van der Waals surface area contributed by atoms with E-state index >= 15 is 0 Å². The lowest BCUT2D eigenvalue weighted by atomic mass is 10.2. The summed E-state index contributed by atoms with van der Waals surface area (Å²) in [5.41, 5.74) is 0. The van der Waals surface area contributed by atoms with Crippen molar-refractivity contribution in [2.75, 3.05) is 42.7 Å². The molecule has 0 saturated carbocycles. The zero-order valence-electron chi connectivity index (χ0n) is 23.0. The Balaban J connectivity index is 1.80. The maximum Gasteiger partial charge on any atom is 0.160 e. The Morgan fingerprint density at radius 2 is 0.757 bits per heavy atom. The quantitative estimate of drug-likeness (QED) is 0.264. The molecule has 0 atom stereocenters. The van der Waals surface area contributed by atoms with E-state index in [9.17, 15) is 0 Å². The van der Waals surface area contributed by atoms with Crippen molar-refractivity contribution in [1.29, 1.82) is 0 Å². The molecule has 37 heavy (non-hydrogen) atoms. The standard InChI is InChI=1S/C28H40O6Si3/c1-29-20-10-7-13-23(26(20)32-4)35-16-19(17-36-24-14-8-11-21(30-2)27(24)33-5)18-37-25-15-9-12-22(31-3)28(25)34-6/h7-15,19H,16-18,35-37H2,1-6H3. The van der Waals surface area contributed by atoms with E-state index in [-0.39, 0.29) is 0 Å². The number of hydrogen-bond donors (Lipinski definition) is 0. The molecule has 0 saturated heterocycles. The Morgan fingerprint density at radius 1 is 0.459 bits per heavy atom. The highest BCUT2D eigenvalue weighted by atomic mass is 28.2. The molecule has 0 heterocycles. The molecule has 0 aromatic heterocycles. The first-order valence-electron chi connectivity index (χ1n) is 12.7. The molecule has 0 spiro atoms. The average molecular weight is 557 g/mol. The first-order valence-corrected chi connectivity index (χ1v) is 17.8. The van der Waals surface area contributed by atoms with Crippen LogP contribution in [0.1, 0.15) is 0 Å². The van der Waals surface area contributed by atoms with Crippen molar-refractivity contribution < 1.29 is 28.4 Å². The largest absolute Gasteiger partial charge is 0.493 e. The third-order valence-corrected chi connectivity index (χ3v) is 13.5. The fourth-order valence-corrected chi connectivity index (χ4v) is 13.1. The molecule has 9 heteroatoms. The van der Waals surface area contributed by atoms with E-state index in [0.29, 0.717) is 5.92 Å². The van der Waals surface area contributed by atoms with Crippen LogP contribution in [0.3, 0.4) is 0 Å². The summed E-state index contributed by atoms with van der Waals surface area (Å²) in [5, 5.41) is 3.98. The molecule has 0 aliphatic heterocycles. The smallest absolute Gasteiger partial charge is 0.160 e. The summed E-state index contributed by atoms with van der Waals surface area (Å²) in [5.74, 6) is 5.78. The van der Waals surface area contributed by atoms with E-state index in [0.717, 1.165) is 34.5 Å². The van der Waals surface area contributed by atoms with Crippen LogP contribution in [-0.4, -0.2) is 71.2 Å². The van der Waals surface area contributed by atoms with Gasteiger partial charge in [0.05, 0.1) is 71.2 Å². The van der Waals surface area contributed by atoms with Gasteiger partial charge in [-0.25, -0.2) is 0 Å². The van der Waals surface area contributed by atoms with Crippen molar-refractivity contribution in [2.24, 2.45) is 5.92 Å². The normalized spacial score (nSPS) is 12.5.